The Morgan fingerprint density at radius 2 is 1.96 bits per heavy atom. The Balaban J connectivity index is 2.14. The first-order chi connectivity index (χ1) is 12.4. The number of ether oxygens (including phenoxy) is 2. The standard InChI is InChI=1S/C19H18BrNO5/c1-3-26-16-8-4-12(10-17(16)25-2)5-9-18(22)21-15-7-6-13(20)11-14(15)19(23)24/h4-11H,3H2,1-2H3,(H,21,22)(H,23,24)/b9-5+. The molecule has 7 heteroatoms. The number of amides is 1. The van der Waals surface area contributed by atoms with Crippen LogP contribution in [-0.4, -0.2) is 30.7 Å². The number of carbonyl (C=O) groups excluding carboxylic acids is 1. The Morgan fingerprint density at radius 1 is 1.19 bits per heavy atom. The van der Waals surface area contributed by atoms with Gasteiger partial charge in [0, 0.05) is 10.5 Å². The minimum Gasteiger partial charge on any atom is -0.493 e. The molecule has 0 aliphatic heterocycles. The molecule has 6 nitrogen and oxygen atoms in total. The number of benzene rings is 2. The lowest BCUT2D eigenvalue weighted by Crippen LogP contribution is -2.12. The molecule has 0 atom stereocenters. The van der Waals surface area contributed by atoms with E-state index in [4.69, 9.17) is 9.47 Å². The first-order valence-corrected chi connectivity index (χ1v) is 8.56. The predicted molar refractivity (Wildman–Crippen MR) is 103 cm³/mol. The van der Waals surface area contributed by atoms with Crippen molar-refractivity contribution >= 4 is 39.6 Å². The van der Waals surface area contributed by atoms with E-state index in [-0.39, 0.29) is 11.3 Å². The second kappa shape index (κ2) is 9.05. The van der Waals surface area contributed by atoms with E-state index in [0.29, 0.717) is 22.6 Å². The largest absolute Gasteiger partial charge is 0.493 e. The molecule has 0 spiro atoms. The van der Waals surface area contributed by atoms with Gasteiger partial charge in [0.15, 0.2) is 11.5 Å². The number of halogens is 1. The zero-order chi connectivity index (χ0) is 19.1. The Morgan fingerprint density at radius 3 is 2.62 bits per heavy atom. The minimum atomic E-state index is -1.12. The molecular weight excluding hydrogens is 402 g/mol. The molecule has 1 amide bonds. The average molecular weight is 420 g/mol. The monoisotopic (exact) mass is 419 g/mol. The SMILES string of the molecule is CCOc1ccc(/C=C/C(=O)Nc2ccc(Br)cc2C(=O)O)cc1OC. The van der Waals surface area contributed by atoms with Crippen LogP contribution in [0.25, 0.3) is 6.08 Å². The quantitative estimate of drug-likeness (QED) is 0.656. The summed E-state index contributed by atoms with van der Waals surface area (Å²) in [5.41, 5.74) is 0.971. The zero-order valence-electron chi connectivity index (χ0n) is 14.3. The van der Waals surface area contributed by atoms with Gasteiger partial charge in [0.25, 0.3) is 0 Å². The number of nitrogens with one attached hydrogen (secondary N) is 1. The molecule has 0 unspecified atom stereocenters. The van der Waals surface area contributed by atoms with E-state index in [1.807, 2.05) is 6.92 Å². The minimum absolute atomic E-state index is 0.00358. The summed E-state index contributed by atoms with van der Waals surface area (Å²) in [5.74, 6) is -0.377. The highest BCUT2D eigenvalue weighted by Gasteiger charge is 2.12. The van der Waals surface area contributed by atoms with Crippen LogP contribution in [0, 0.1) is 0 Å². The average Bonchev–Trinajstić information content (AvgIpc) is 2.62. The molecule has 0 saturated carbocycles. The van der Waals surface area contributed by atoms with Gasteiger partial charge in [-0.2, -0.15) is 0 Å². The normalized spacial score (nSPS) is 10.6. The number of anilines is 1. The van der Waals surface area contributed by atoms with Gasteiger partial charge in [-0.25, -0.2) is 4.79 Å². The highest BCUT2D eigenvalue weighted by atomic mass is 79.9. The molecule has 2 N–H and O–H groups in total. The van der Waals surface area contributed by atoms with Gasteiger partial charge in [0.05, 0.1) is 25.0 Å². The van der Waals surface area contributed by atoms with Crippen LogP contribution in [0.5, 0.6) is 11.5 Å². The van der Waals surface area contributed by atoms with Crippen molar-refractivity contribution in [3.8, 4) is 11.5 Å². The van der Waals surface area contributed by atoms with E-state index >= 15 is 0 Å². The molecule has 2 aromatic rings. The molecule has 0 bridgehead atoms. The number of aromatic carboxylic acids is 1. The molecule has 136 valence electrons. The van der Waals surface area contributed by atoms with Crippen LogP contribution in [0.2, 0.25) is 0 Å². The lowest BCUT2D eigenvalue weighted by molar-refractivity contribution is -0.111. The second-order valence-corrected chi connectivity index (χ2v) is 6.08. The molecule has 0 aliphatic carbocycles. The van der Waals surface area contributed by atoms with Crippen molar-refractivity contribution in [2.24, 2.45) is 0 Å². The van der Waals surface area contributed by atoms with Crippen LogP contribution in [0.1, 0.15) is 22.8 Å². The maximum Gasteiger partial charge on any atom is 0.337 e. The summed E-state index contributed by atoms with van der Waals surface area (Å²) in [6.07, 6.45) is 2.93. The molecule has 0 saturated heterocycles. The van der Waals surface area contributed by atoms with Crippen molar-refractivity contribution in [1.29, 1.82) is 0 Å². The molecule has 26 heavy (non-hydrogen) atoms. The van der Waals surface area contributed by atoms with Crippen LogP contribution >= 0.6 is 15.9 Å². The number of hydrogen-bond donors (Lipinski definition) is 2. The van der Waals surface area contributed by atoms with Gasteiger partial charge < -0.3 is 19.9 Å². The molecule has 0 heterocycles. The fourth-order valence-corrected chi connectivity index (χ4v) is 2.57. The molecule has 2 rings (SSSR count). The summed E-state index contributed by atoms with van der Waals surface area (Å²) >= 11 is 3.21. The van der Waals surface area contributed by atoms with Crippen molar-refractivity contribution in [3.63, 3.8) is 0 Å². The fourth-order valence-electron chi connectivity index (χ4n) is 2.21. The number of carboxylic acid groups (broad SMARTS) is 1. The van der Waals surface area contributed by atoms with Gasteiger partial charge in [-0.05, 0) is 48.9 Å². The predicted octanol–water partition coefficient (Wildman–Crippen LogP) is 4.21. The third-order valence-corrected chi connectivity index (χ3v) is 3.88. The van der Waals surface area contributed by atoms with E-state index in [1.54, 1.807) is 37.5 Å². The third-order valence-electron chi connectivity index (χ3n) is 3.38. The van der Waals surface area contributed by atoms with E-state index in [9.17, 15) is 14.7 Å². The van der Waals surface area contributed by atoms with Crippen molar-refractivity contribution < 1.29 is 24.2 Å². The Kier molecular flexibility index (Phi) is 6.80. The summed E-state index contributed by atoms with van der Waals surface area (Å²) in [6, 6.07) is 9.91. The first-order valence-electron chi connectivity index (χ1n) is 7.77. The second-order valence-electron chi connectivity index (χ2n) is 5.16. The van der Waals surface area contributed by atoms with Crippen LogP contribution in [0.3, 0.4) is 0 Å². The van der Waals surface area contributed by atoms with Gasteiger partial charge >= 0.3 is 5.97 Å². The van der Waals surface area contributed by atoms with Crippen molar-refractivity contribution in [3.05, 3.63) is 58.1 Å². The lowest BCUT2D eigenvalue weighted by Gasteiger charge is -2.09. The van der Waals surface area contributed by atoms with E-state index in [1.165, 1.54) is 18.2 Å². The summed E-state index contributed by atoms with van der Waals surface area (Å²) in [4.78, 5) is 23.4. The Labute approximate surface area is 159 Å². The number of rotatable bonds is 7. The molecule has 0 radical (unpaired) electrons. The van der Waals surface area contributed by atoms with Gasteiger partial charge in [0.2, 0.25) is 5.91 Å². The lowest BCUT2D eigenvalue weighted by atomic mass is 10.1. The highest BCUT2D eigenvalue weighted by Crippen LogP contribution is 2.28. The number of carboxylic acids is 1. The smallest absolute Gasteiger partial charge is 0.337 e. The molecular formula is C19H18BrNO5. The maximum absolute atomic E-state index is 12.1. The fraction of sp³-hybridized carbons (Fsp3) is 0.158. The summed E-state index contributed by atoms with van der Waals surface area (Å²) in [5, 5.41) is 11.8. The van der Waals surface area contributed by atoms with Crippen LogP contribution in [0.15, 0.2) is 46.9 Å². The first kappa shape index (κ1) is 19.5. The van der Waals surface area contributed by atoms with E-state index < -0.39 is 11.9 Å². The molecule has 0 aliphatic rings. The third kappa shape index (κ3) is 5.10. The van der Waals surface area contributed by atoms with E-state index in [2.05, 4.69) is 21.2 Å². The van der Waals surface area contributed by atoms with E-state index in [0.717, 1.165) is 5.56 Å². The molecule has 0 aromatic heterocycles. The molecule has 0 fully saturated rings. The van der Waals surface area contributed by atoms with Crippen molar-refractivity contribution in [2.45, 2.75) is 6.92 Å². The summed E-state index contributed by atoms with van der Waals surface area (Å²) < 4.78 is 11.3. The van der Waals surface area contributed by atoms with Crippen molar-refractivity contribution in [2.75, 3.05) is 19.0 Å². The topological polar surface area (TPSA) is 84.9 Å². The van der Waals surface area contributed by atoms with Gasteiger partial charge in [-0.3, -0.25) is 4.79 Å². The number of carbonyl (C=O) groups is 2. The van der Waals surface area contributed by atoms with Crippen LogP contribution in [-0.2, 0) is 4.79 Å². The molecule has 2 aromatic carbocycles. The summed E-state index contributed by atoms with van der Waals surface area (Å²) in [7, 11) is 1.54. The van der Waals surface area contributed by atoms with Crippen molar-refractivity contribution in [1.82, 2.24) is 0 Å². The summed E-state index contributed by atoms with van der Waals surface area (Å²) in [6.45, 7) is 2.40. The maximum atomic E-state index is 12.1. The highest BCUT2D eigenvalue weighted by molar-refractivity contribution is 9.10. The number of hydrogen-bond acceptors (Lipinski definition) is 4. The Hall–Kier alpha value is -2.80. The van der Waals surface area contributed by atoms with Crippen LogP contribution in [0.4, 0.5) is 5.69 Å². The van der Waals surface area contributed by atoms with Gasteiger partial charge in [-0.15, -0.1) is 0 Å². The van der Waals surface area contributed by atoms with Gasteiger partial charge in [0.1, 0.15) is 0 Å². The zero-order valence-corrected chi connectivity index (χ0v) is 15.9. The number of methoxy groups -OCH3 is 1. The van der Waals surface area contributed by atoms with Crippen LogP contribution < -0.4 is 14.8 Å². The Bertz CT molecular complexity index is 848. The van der Waals surface area contributed by atoms with Gasteiger partial charge in [-0.1, -0.05) is 22.0 Å².